The number of nitrogens with one attached hydrogen (secondary N) is 1. The normalized spacial score (nSPS) is 12.6. The van der Waals surface area contributed by atoms with E-state index in [9.17, 15) is 16.8 Å². The highest BCUT2D eigenvalue weighted by atomic mass is 35.5. The minimum atomic E-state index is -3.81. The number of anilines is 1. The fourth-order valence-electron chi connectivity index (χ4n) is 1.40. The highest BCUT2D eigenvalue weighted by Crippen LogP contribution is 2.25. The van der Waals surface area contributed by atoms with E-state index < -0.39 is 19.9 Å². The molecule has 1 aromatic rings. The summed E-state index contributed by atoms with van der Waals surface area (Å²) in [5, 5.41) is 0.271. The second-order valence-electron chi connectivity index (χ2n) is 4.17. The van der Waals surface area contributed by atoms with Crippen LogP contribution in [-0.2, 0) is 19.9 Å². The maximum atomic E-state index is 12.0. The lowest BCUT2D eigenvalue weighted by Crippen LogP contribution is -2.29. The van der Waals surface area contributed by atoms with Crippen LogP contribution in [0.4, 0.5) is 5.69 Å². The first-order valence-electron chi connectivity index (χ1n) is 5.26. The van der Waals surface area contributed by atoms with Crippen LogP contribution < -0.4 is 10.5 Å². The molecule has 0 aromatic heterocycles. The zero-order valence-electron chi connectivity index (χ0n) is 10.5. The van der Waals surface area contributed by atoms with Gasteiger partial charge in [-0.3, -0.25) is 0 Å². The summed E-state index contributed by atoms with van der Waals surface area (Å²) in [7, 11) is -7.03. The van der Waals surface area contributed by atoms with Gasteiger partial charge >= 0.3 is 0 Å². The number of nitrogen functional groups attached to an aromatic ring is 1. The van der Waals surface area contributed by atoms with Crippen molar-refractivity contribution in [1.82, 2.24) is 4.72 Å². The average molecular weight is 327 g/mol. The number of halogens is 1. The monoisotopic (exact) mass is 326 g/mol. The Kier molecular flexibility index (Phi) is 4.83. The Balaban J connectivity index is 2.98. The molecule has 0 spiro atoms. The number of nitrogens with two attached hydrogens (primary N) is 1. The molecule has 0 radical (unpaired) electrons. The van der Waals surface area contributed by atoms with Crippen LogP contribution in [0, 0.1) is 6.92 Å². The smallest absolute Gasteiger partial charge is 0.240 e. The lowest BCUT2D eigenvalue weighted by Gasteiger charge is -2.10. The van der Waals surface area contributed by atoms with Crippen LogP contribution in [0.2, 0.25) is 5.02 Å². The number of aryl methyl sites for hydroxylation is 1. The number of sulfone groups is 1. The molecule has 0 saturated carbocycles. The van der Waals surface area contributed by atoms with E-state index in [0.29, 0.717) is 5.56 Å². The highest BCUT2D eigenvalue weighted by molar-refractivity contribution is 7.91. The van der Waals surface area contributed by atoms with Gasteiger partial charge in [-0.05, 0) is 24.6 Å². The van der Waals surface area contributed by atoms with Crippen molar-refractivity contribution < 1.29 is 16.8 Å². The third-order valence-corrected chi connectivity index (χ3v) is 5.22. The first-order valence-corrected chi connectivity index (χ1v) is 9.18. The Morgan fingerprint density at radius 2 is 1.84 bits per heavy atom. The molecule has 0 heterocycles. The van der Waals surface area contributed by atoms with Crippen LogP contribution in [0.5, 0.6) is 0 Å². The van der Waals surface area contributed by atoms with Crippen molar-refractivity contribution in [2.24, 2.45) is 0 Å². The van der Waals surface area contributed by atoms with Gasteiger partial charge in [-0.15, -0.1) is 0 Å². The number of hydrogen-bond acceptors (Lipinski definition) is 5. The molecule has 0 amide bonds. The fraction of sp³-hybridized carbons (Fsp3) is 0.400. The number of hydrogen-bond donors (Lipinski definition) is 2. The Labute approximate surface area is 117 Å². The molecular formula is C10H15ClN2O4S2. The van der Waals surface area contributed by atoms with E-state index in [2.05, 4.69) is 4.72 Å². The number of rotatable bonds is 5. The molecule has 1 rings (SSSR count). The van der Waals surface area contributed by atoms with Crippen LogP contribution in [0.25, 0.3) is 0 Å². The van der Waals surface area contributed by atoms with Crippen molar-refractivity contribution in [3.05, 3.63) is 22.7 Å². The maximum absolute atomic E-state index is 12.0. The van der Waals surface area contributed by atoms with Gasteiger partial charge in [0.25, 0.3) is 0 Å². The Morgan fingerprint density at radius 1 is 1.26 bits per heavy atom. The zero-order valence-corrected chi connectivity index (χ0v) is 12.9. The zero-order chi connectivity index (χ0) is 14.8. The summed E-state index contributed by atoms with van der Waals surface area (Å²) in [6, 6.07) is 2.70. The van der Waals surface area contributed by atoms with E-state index >= 15 is 0 Å². The lowest BCUT2D eigenvalue weighted by molar-refractivity contribution is 0.581. The largest absolute Gasteiger partial charge is 0.397 e. The van der Waals surface area contributed by atoms with Crippen LogP contribution in [0.15, 0.2) is 17.0 Å². The standard InChI is InChI=1S/C10H15ClN2O4S2/c1-7-5-8(11)9(12)6-10(7)19(16,17)13-3-4-18(2,14)15/h5-6,13H,3-4,12H2,1-2H3. The maximum Gasteiger partial charge on any atom is 0.240 e. The second-order valence-corrected chi connectivity index (χ2v) is 8.57. The second kappa shape index (κ2) is 5.66. The van der Waals surface area contributed by atoms with Gasteiger partial charge in [0.1, 0.15) is 9.84 Å². The van der Waals surface area contributed by atoms with Gasteiger partial charge in [0.2, 0.25) is 10.0 Å². The minimum Gasteiger partial charge on any atom is -0.397 e. The summed E-state index contributed by atoms with van der Waals surface area (Å²) < 4.78 is 48.1. The molecule has 0 aliphatic rings. The van der Waals surface area contributed by atoms with Gasteiger partial charge in [0.15, 0.2) is 0 Å². The number of benzene rings is 1. The van der Waals surface area contributed by atoms with Crippen LogP contribution in [-0.4, -0.2) is 35.4 Å². The van der Waals surface area contributed by atoms with Crippen LogP contribution in [0.1, 0.15) is 5.56 Å². The Bertz CT molecular complexity index is 684. The van der Waals surface area contributed by atoms with E-state index in [4.69, 9.17) is 17.3 Å². The predicted molar refractivity (Wildman–Crippen MR) is 75.5 cm³/mol. The summed E-state index contributed by atoms with van der Waals surface area (Å²) in [5.74, 6) is -0.269. The summed E-state index contributed by atoms with van der Waals surface area (Å²) in [4.78, 5) is -0.0112. The van der Waals surface area contributed by atoms with Crippen molar-refractivity contribution in [2.45, 2.75) is 11.8 Å². The fourth-order valence-corrected chi connectivity index (χ4v) is 3.51. The van der Waals surface area contributed by atoms with Gasteiger partial charge in [0.05, 0.1) is 21.4 Å². The van der Waals surface area contributed by atoms with Gasteiger partial charge in [0, 0.05) is 12.8 Å². The molecule has 0 aliphatic carbocycles. The van der Waals surface area contributed by atoms with Gasteiger partial charge in [-0.1, -0.05) is 11.6 Å². The Hall–Kier alpha value is -0.830. The minimum absolute atomic E-state index is 0.0112. The summed E-state index contributed by atoms with van der Waals surface area (Å²) in [5.41, 5.74) is 6.15. The van der Waals surface area contributed by atoms with E-state index in [1.807, 2.05) is 0 Å². The molecule has 0 saturated heterocycles. The van der Waals surface area contributed by atoms with Crippen molar-refractivity contribution >= 4 is 37.1 Å². The van der Waals surface area contributed by atoms with E-state index in [1.54, 1.807) is 6.92 Å². The van der Waals surface area contributed by atoms with Crippen molar-refractivity contribution in [3.63, 3.8) is 0 Å². The predicted octanol–water partition coefficient (Wildman–Crippen LogP) is 0.554. The summed E-state index contributed by atoms with van der Waals surface area (Å²) >= 11 is 5.78. The van der Waals surface area contributed by atoms with Crippen LogP contribution in [0.3, 0.4) is 0 Å². The molecule has 3 N–H and O–H groups in total. The van der Waals surface area contributed by atoms with Crippen molar-refractivity contribution in [2.75, 3.05) is 24.3 Å². The molecule has 0 aliphatic heterocycles. The highest BCUT2D eigenvalue weighted by Gasteiger charge is 2.18. The average Bonchev–Trinajstić information content (AvgIpc) is 2.20. The third-order valence-electron chi connectivity index (χ3n) is 2.35. The molecule has 9 heteroatoms. The lowest BCUT2D eigenvalue weighted by atomic mass is 10.2. The first kappa shape index (κ1) is 16.2. The third kappa shape index (κ3) is 4.64. The van der Waals surface area contributed by atoms with Gasteiger partial charge < -0.3 is 5.73 Å². The van der Waals surface area contributed by atoms with Gasteiger partial charge in [-0.2, -0.15) is 0 Å². The van der Waals surface area contributed by atoms with Crippen molar-refractivity contribution in [1.29, 1.82) is 0 Å². The Morgan fingerprint density at radius 3 is 2.37 bits per heavy atom. The quantitative estimate of drug-likeness (QED) is 0.769. The van der Waals surface area contributed by atoms with E-state index in [1.165, 1.54) is 12.1 Å². The summed E-state index contributed by atoms with van der Waals surface area (Å²) in [6.45, 7) is 1.39. The first-order chi connectivity index (χ1) is 8.53. The molecule has 1 aromatic carbocycles. The van der Waals surface area contributed by atoms with Crippen molar-refractivity contribution in [3.8, 4) is 0 Å². The molecule has 0 unspecified atom stereocenters. The van der Waals surface area contributed by atoms with E-state index in [0.717, 1.165) is 6.26 Å². The SMILES string of the molecule is Cc1cc(Cl)c(N)cc1S(=O)(=O)NCCS(C)(=O)=O. The van der Waals surface area contributed by atoms with Crippen LogP contribution >= 0.6 is 11.6 Å². The molecule has 0 atom stereocenters. The molecule has 108 valence electrons. The number of sulfonamides is 1. The molecule has 0 fully saturated rings. The van der Waals surface area contributed by atoms with E-state index in [-0.39, 0.29) is 27.9 Å². The molecule has 0 bridgehead atoms. The molecule has 19 heavy (non-hydrogen) atoms. The molecule has 6 nitrogen and oxygen atoms in total. The summed E-state index contributed by atoms with van der Waals surface area (Å²) in [6.07, 6.45) is 1.03. The topological polar surface area (TPSA) is 106 Å². The van der Waals surface area contributed by atoms with Gasteiger partial charge in [-0.25, -0.2) is 21.6 Å². The molecular weight excluding hydrogens is 312 g/mol.